The number of hydrogen-bond acceptors (Lipinski definition) is 27. The number of fused-ring (bicyclic) bond motifs is 5. The largest absolute Gasteiger partial charge is 0.493 e. The minimum absolute atomic E-state index is 0.0351. The Kier molecular flexibility index (Phi) is 21.7. The Hall–Kier alpha value is -3.79. The molecule has 11 N–H and O–H groups in total. The summed E-state index contributed by atoms with van der Waals surface area (Å²) in [6.45, 7) is 8.94. The van der Waals surface area contributed by atoms with Crippen LogP contribution in [0.4, 0.5) is 0 Å². The van der Waals surface area contributed by atoms with Crippen molar-refractivity contribution in [3.63, 3.8) is 0 Å². The zero-order valence-electron chi connectivity index (χ0n) is 51.3. The molecule has 0 radical (unpaired) electrons. The van der Waals surface area contributed by atoms with Gasteiger partial charge in [-0.3, -0.25) is 9.59 Å². The standard InChI is InChI=1S/C61H92O27/c1-26(2)10-13-35(64)27(3)61(75)42(86-58-53(82-28(4)63)50(37(66)24-80-58)88-57-52(43(67)36(65)23-79-57)87-54(74)29-18-38(76-7)51(78-9)39(19-29)77-8)21-34-32-12-11-30-20-31(14-16-59(30,5)33(32)15-17-60(34,61)6)83-56-49(73)47(71)45(69)41(85-56)25-81-55-48(72)46(70)44(68)40(22-62)84-55/h11,18-19,26-27,31-34,36-37,40-50,52-53,55-58,62,65-73,75H,10,12-17,20-25H2,1-9H3/t27-,31-,32+,33-,34-,36+,37-,40+,41+,42-,43-,44+,45+,46-,47-,48+,49?,50-,52+,53+,55+,56+,57-,58-,59-,60-,61+/m0/s1. The second-order valence-corrected chi connectivity index (χ2v) is 26.1. The zero-order chi connectivity index (χ0) is 64.1. The molecule has 7 fully saturated rings. The number of esters is 2. The summed E-state index contributed by atoms with van der Waals surface area (Å²) < 4.78 is 76.7. The third-order valence-corrected chi connectivity index (χ3v) is 20.6. The number of Topliss-reactive ketones (excluding diaryl/α,β-unsaturated/α-hetero) is 1. The highest BCUT2D eigenvalue weighted by atomic mass is 16.8. The van der Waals surface area contributed by atoms with Gasteiger partial charge in [-0.2, -0.15) is 0 Å². The maximum Gasteiger partial charge on any atom is 0.338 e. The topological polar surface area (TPSA) is 394 Å². The number of carbonyl (C=O) groups excluding carboxylic acids is 3. The quantitative estimate of drug-likeness (QED) is 0.0555. The highest BCUT2D eigenvalue weighted by Crippen LogP contribution is 2.69. The van der Waals surface area contributed by atoms with Crippen LogP contribution in [0.1, 0.15) is 110 Å². The van der Waals surface area contributed by atoms with Crippen molar-refractivity contribution in [1.29, 1.82) is 0 Å². The fourth-order valence-electron chi connectivity index (χ4n) is 15.4. The summed E-state index contributed by atoms with van der Waals surface area (Å²) in [5.41, 5.74) is -2.12. The lowest BCUT2D eigenvalue weighted by Gasteiger charge is -2.59. The molecule has 0 spiro atoms. The van der Waals surface area contributed by atoms with Crippen molar-refractivity contribution >= 4 is 17.7 Å². The molecule has 9 rings (SSSR count). The van der Waals surface area contributed by atoms with Crippen molar-refractivity contribution in [3.05, 3.63) is 29.3 Å². The summed E-state index contributed by atoms with van der Waals surface area (Å²) in [4.78, 5) is 41.5. The van der Waals surface area contributed by atoms with Crippen molar-refractivity contribution in [2.45, 2.75) is 228 Å². The normalized spacial score (nSPS) is 43.7. The predicted molar refractivity (Wildman–Crippen MR) is 300 cm³/mol. The van der Waals surface area contributed by atoms with Crippen LogP contribution >= 0.6 is 0 Å². The van der Waals surface area contributed by atoms with E-state index in [9.17, 15) is 70.6 Å². The summed E-state index contributed by atoms with van der Waals surface area (Å²) in [6, 6.07) is 2.63. The molecular weight excluding hydrogens is 1160 g/mol. The Morgan fingerprint density at radius 3 is 1.93 bits per heavy atom. The van der Waals surface area contributed by atoms with E-state index in [-0.39, 0.29) is 70.5 Å². The Morgan fingerprint density at radius 1 is 0.682 bits per heavy atom. The first-order valence-corrected chi connectivity index (χ1v) is 30.6. The Bertz CT molecular complexity index is 2580. The molecule has 0 amide bonds. The lowest BCUT2D eigenvalue weighted by Crippen LogP contribution is -2.64. The number of benzene rings is 1. The van der Waals surface area contributed by atoms with Crippen molar-refractivity contribution < 1.29 is 132 Å². The molecule has 3 saturated carbocycles. The minimum atomic E-state index is -1.83. The van der Waals surface area contributed by atoms with E-state index in [4.69, 9.17) is 61.6 Å². The average Bonchev–Trinajstić information content (AvgIpc) is 1.48. The van der Waals surface area contributed by atoms with Gasteiger partial charge in [-0.1, -0.05) is 46.3 Å². The Balaban J connectivity index is 0.937. The molecule has 4 saturated heterocycles. The van der Waals surface area contributed by atoms with Crippen molar-refractivity contribution in [2.24, 2.45) is 40.4 Å². The second kappa shape index (κ2) is 27.8. The third kappa shape index (κ3) is 13.0. The van der Waals surface area contributed by atoms with Gasteiger partial charge in [-0.25, -0.2) is 4.79 Å². The van der Waals surface area contributed by atoms with Gasteiger partial charge in [0.15, 0.2) is 48.9 Å². The lowest BCUT2D eigenvalue weighted by molar-refractivity contribution is -0.345. The first-order chi connectivity index (χ1) is 41.6. The molecule has 1 unspecified atom stereocenters. The molecule has 27 heteroatoms. The molecule has 498 valence electrons. The third-order valence-electron chi connectivity index (χ3n) is 20.6. The molecule has 88 heavy (non-hydrogen) atoms. The molecule has 4 aliphatic heterocycles. The van der Waals surface area contributed by atoms with Crippen LogP contribution in [0.25, 0.3) is 0 Å². The van der Waals surface area contributed by atoms with Gasteiger partial charge in [0, 0.05) is 24.7 Å². The molecular formula is C61H92O27. The van der Waals surface area contributed by atoms with E-state index in [1.807, 2.05) is 20.8 Å². The van der Waals surface area contributed by atoms with Crippen LogP contribution in [-0.2, 0) is 57.0 Å². The van der Waals surface area contributed by atoms with Gasteiger partial charge >= 0.3 is 11.9 Å². The molecule has 1 aromatic carbocycles. The molecule has 4 heterocycles. The van der Waals surface area contributed by atoms with E-state index in [1.54, 1.807) is 6.92 Å². The number of rotatable bonds is 21. The number of ether oxygens (including phenoxy) is 13. The van der Waals surface area contributed by atoms with Gasteiger partial charge < -0.3 is 118 Å². The van der Waals surface area contributed by atoms with E-state index in [0.717, 1.165) is 12.5 Å². The van der Waals surface area contributed by atoms with E-state index >= 15 is 0 Å². The van der Waals surface area contributed by atoms with Crippen LogP contribution in [0, 0.1) is 40.4 Å². The number of allylic oxidation sites excluding steroid dienone is 1. The maximum atomic E-state index is 14.5. The highest BCUT2D eigenvalue weighted by molar-refractivity contribution is 5.91. The van der Waals surface area contributed by atoms with E-state index in [2.05, 4.69) is 13.0 Å². The smallest absolute Gasteiger partial charge is 0.338 e. The Labute approximate surface area is 510 Å². The maximum absolute atomic E-state index is 14.5. The number of aliphatic hydroxyl groups excluding tert-OH is 10. The van der Waals surface area contributed by atoms with Gasteiger partial charge in [-0.05, 0) is 92.6 Å². The summed E-state index contributed by atoms with van der Waals surface area (Å²) in [5.74, 6) is -2.58. The molecule has 1 aromatic rings. The van der Waals surface area contributed by atoms with E-state index in [0.29, 0.717) is 44.9 Å². The first kappa shape index (κ1) is 68.6. The second-order valence-electron chi connectivity index (χ2n) is 26.1. The first-order valence-electron chi connectivity index (χ1n) is 30.6. The van der Waals surface area contributed by atoms with Gasteiger partial charge in [0.25, 0.3) is 0 Å². The summed E-state index contributed by atoms with van der Waals surface area (Å²) in [6.07, 6.45) is -23.9. The van der Waals surface area contributed by atoms with Crippen LogP contribution < -0.4 is 14.2 Å². The zero-order valence-corrected chi connectivity index (χ0v) is 51.3. The van der Waals surface area contributed by atoms with Crippen molar-refractivity contribution in [1.82, 2.24) is 0 Å². The number of aliphatic hydroxyl groups is 11. The highest BCUT2D eigenvalue weighted by Gasteiger charge is 2.71. The molecule has 8 aliphatic rings. The van der Waals surface area contributed by atoms with Crippen molar-refractivity contribution in [3.8, 4) is 17.2 Å². The fraction of sp³-hybridized carbons (Fsp3) is 0.820. The van der Waals surface area contributed by atoms with Crippen LogP contribution in [0.2, 0.25) is 0 Å². The molecule has 27 atom stereocenters. The van der Waals surface area contributed by atoms with Gasteiger partial charge in [0.05, 0.1) is 65.5 Å². The van der Waals surface area contributed by atoms with Crippen LogP contribution in [0.3, 0.4) is 0 Å². The SMILES string of the molecule is COc1cc(C(=O)O[C@H]2[C@H](O[C@@H]3[C@@H](OC(C)=O)[C@H](O[C@H]4C[C@H]5[C@@H]6CC=C7C[C@@H](O[C@@H]8O[C@H](CO[C@@H]9O[C@H](CO)[C@@H](O)[C@H](O)[C@H]9O)[C@@H](O)[C@H](O)C8O)CC[C@]7(C)[C@H]6CC[C@]5(C)[C@@]4(O)[C@@H](C)C(=O)CCC(C)C)OC[C@@H]3O)OC[C@@H](O)[C@@H]2O)cc(OC)c1OC. The van der Waals surface area contributed by atoms with Crippen molar-refractivity contribution in [2.75, 3.05) is 47.8 Å². The Morgan fingerprint density at radius 2 is 1.31 bits per heavy atom. The average molecular weight is 1260 g/mol. The van der Waals surface area contributed by atoms with E-state index in [1.165, 1.54) is 33.5 Å². The molecule has 4 aliphatic carbocycles. The van der Waals surface area contributed by atoms with Gasteiger partial charge in [0.1, 0.15) is 84.6 Å². The van der Waals surface area contributed by atoms with E-state index < -0.39 is 178 Å². The number of carbonyl (C=O) groups is 3. The summed E-state index contributed by atoms with van der Waals surface area (Å²) in [5, 5.41) is 121. The number of methoxy groups -OCH3 is 3. The number of hydrogen-bond donors (Lipinski definition) is 11. The van der Waals surface area contributed by atoms with Gasteiger partial charge in [-0.15, -0.1) is 0 Å². The van der Waals surface area contributed by atoms with Crippen LogP contribution in [0.15, 0.2) is 23.8 Å². The molecule has 27 nitrogen and oxygen atoms in total. The molecule has 0 aromatic heterocycles. The van der Waals surface area contributed by atoms with Gasteiger partial charge in [0.2, 0.25) is 5.75 Å². The summed E-state index contributed by atoms with van der Waals surface area (Å²) >= 11 is 0. The van der Waals surface area contributed by atoms with Crippen LogP contribution in [-0.4, -0.2) is 250 Å². The monoisotopic (exact) mass is 1260 g/mol. The number of ketones is 1. The fourth-order valence-corrected chi connectivity index (χ4v) is 15.4. The predicted octanol–water partition coefficient (Wildman–Crippen LogP) is -0.310. The minimum Gasteiger partial charge on any atom is -0.493 e. The van der Waals surface area contributed by atoms with Crippen LogP contribution in [0.5, 0.6) is 17.2 Å². The molecule has 0 bridgehead atoms. The summed E-state index contributed by atoms with van der Waals surface area (Å²) in [7, 11) is 4.09. The lowest BCUT2D eigenvalue weighted by atomic mass is 9.46.